The molecule has 1 aromatic rings. The van der Waals surface area contributed by atoms with Crippen LogP contribution in [0.1, 0.15) is 50.6 Å². The van der Waals surface area contributed by atoms with E-state index in [4.69, 9.17) is 0 Å². The molecule has 1 aromatic heterocycles. The van der Waals surface area contributed by atoms with Gasteiger partial charge in [-0.1, -0.05) is 19.8 Å². The summed E-state index contributed by atoms with van der Waals surface area (Å²) in [6.45, 7) is 3.33. The molecule has 0 bridgehead atoms. The first-order valence-electron chi connectivity index (χ1n) is 6.41. The molecule has 2 atom stereocenters. The van der Waals surface area contributed by atoms with Crippen molar-refractivity contribution in [2.75, 3.05) is 6.54 Å². The zero-order valence-electron chi connectivity index (χ0n) is 10.0. The first-order valence-corrected chi connectivity index (χ1v) is 6.41. The summed E-state index contributed by atoms with van der Waals surface area (Å²) in [6.07, 6.45) is 11.9. The van der Waals surface area contributed by atoms with Gasteiger partial charge in [-0.3, -0.25) is 9.97 Å². The van der Waals surface area contributed by atoms with Crippen LogP contribution < -0.4 is 5.32 Å². The number of hydrogen-bond donors (Lipinski definition) is 1. The van der Waals surface area contributed by atoms with E-state index in [1.54, 1.807) is 12.4 Å². The Hall–Kier alpha value is -0.960. The molecule has 1 aliphatic carbocycles. The highest BCUT2D eigenvalue weighted by molar-refractivity contribution is 5.08. The van der Waals surface area contributed by atoms with Crippen LogP contribution in [-0.4, -0.2) is 22.6 Å². The minimum atomic E-state index is 0.564. The smallest absolute Gasteiger partial charge is 0.0633 e. The van der Waals surface area contributed by atoms with Crippen LogP contribution in [0.2, 0.25) is 0 Å². The Balaban J connectivity index is 2.04. The van der Waals surface area contributed by atoms with Gasteiger partial charge in [0.1, 0.15) is 0 Å². The Labute approximate surface area is 97.7 Å². The fourth-order valence-corrected chi connectivity index (χ4v) is 2.56. The van der Waals surface area contributed by atoms with Gasteiger partial charge in [0.15, 0.2) is 0 Å². The zero-order chi connectivity index (χ0) is 11.2. The third-order valence-electron chi connectivity index (χ3n) is 3.39. The Morgan fingerprint density at radius 3 is 2.94 bits per heavy atom. The SMILES string of the molecule is CCCNC1CCCCC1c1cnccn1. The highest BCUT2D eigenvalue weighted by Crippen LogP contribution is 2.31. The van der Waals surface area contributed by atoms with Crippen molar-refractivity contribution >= 4 is 0 Å². The van der Waals surface area contributed by atoms with Gasteiger partial charge < -0.3 is 5.32 Å². The molecule has 1 heterocycles. The van der Waals surface area contributed by atoms with E-state index in [2.05, 4.69) is 22.2 Å². The third-order valence-corrected chi connectivity index (χ3v) is 3.39. The molecule has 0 aliphatic heterocycles. The summed E-state index contributed by atoms with van der Waals surface area (Å²) in [5.41, 5.74) is 1.16. The van der Waals surface area contributed by atoms with E-state index in [0.717, 1.165) is 12.2 Å². The lowest BCUT2D eigenvalue weighted by Crippen LogP contribution is -2.38. The van der Waals surface area contributed by atoms with Gasteiger partial charge in [-0.15, -0.1) is 0 Å². The van der Waals surface area contributed by atoms with Gasteiger partial charge in [0.05, 0.1) is 5.69 Å². The Morgan fingerprint density at radius 1 is 1.31 bits per heavy atom. The number of nitrogens with one attached hydrogen (secondary N) is 1. The van der Waals surface area contributed by atoms with Gasteiger partial charge in [-0.05, 0) is 25.8 Å². The number of rotatable bonds is 4. The number of aromatic nitrogens is 2. The molecule has 1 N–H and O–H groups in total. The highest BCUT2D eigenvalue weighted by Gasteiger charge is 2.26. The third kappa shape index (κ3) is 2.79. The summed E-state index contributed by atoms with van der Waals surface area (Å²) < 4.78 is 0. The van der Waals surface area contributed by atoms with E-state index in [1.165, 1.54) is 32.1 Å². The average molecular weight is 219 g/mol. The summed E-state index contributed by atoms with van der Waals surface area (Å²) in [5, 5.41) is 3.65. The second-order valence-electron chi connectivity index (χ2n) is 4.58. The molecular weight excluding hydrogens is 198 g/mol. The van der Waals surface area contributed by atoms with Crippen LogP contribution in [0.4, 0.5) is 0 Å². The fraction of sp³-hybridized carbons (Fsp3) is 0.692. The van der Waals surface area contributed by atoms with Gasteiger partial charge in [0.25, 0.3) is 0 Å². The molecule has 0 aromatic carbocycles. The lowest BCUT2D eigenvalue weighted by Gasteiger charge is -2.31. The van der Waals surface area contributed by atoms with Crippen LogP contribution in [0, 0.1) is 0 Å². The average Bonchev–Trinajstić information content (AvgIpc) is 2.38. The molecule has 2 rings (SSSR count). The lowest BCUT2D eigenvalue weighted by atomic mass is 9.82. The standard InChI is InChI=1S/C13H21N3/c1-2-7-15-12-6-4-3-5-11(12)13-10-14-8-9-16-13/h8-12,15H,2-7H2,1H3. The van der Waals surface area contributed by atoms with E-state index >= 15 is 0 Å². The summed E-state index contributed by atoms with van der Waals surface area (Å²) in [5.74, 6) is 0.564. The molecule has 0 amide bonds. The lowest BCUT2D eigenvalue weighted by molar-refractivity contribution is 0.323. The molecule has 0 saturated heterocycles. The minimum absolute atomic E-state index is 0.564. The van der Waals surface area contributed by atoms with Crippen molar-refractivity contribution in [3.63, 3.8) is 0 Å². The van der Waals surface area contributed by atoms with Crippen molar-refractivity contribution in [2.45, 2.75) is 51.0 Å². The van der Waals surface area contributed by atoms with Crippen molar-refractivity contribution in [2.24, 2.45) is 0 Å². The van der Waals surface area contributed by atoms with E-state index in [1.807, 2.05) is 6.20 Å². The monoisotopic (exact) mass is 219 g/mol. The maximum Gasteiger partial charge on any atom is 0.0633 e. The predicted molar refractivity (Wildman–Crippen MR) is 65.3 cm³/mol. The molecule has 1 fully saturated rings. The topological polar surface area (TPSA) is 37.8 Å². The second-order valence-corrected chi connectivity index (χ2v) is 4.58. The van der Waals surface area contributed by atoms with E-state index in [0.29, 0.717) is 12.0 Å². The first kappa shape index (κ1) is 11.5. The van der Waals surface area contributed by atoms with Crippen LogP contribution >= 0.6 is 0 Å². The normalized spacial score (nSPS) is 25.6. The van der Waals surface area contributed by atoms with E-state index in [-0.39, 0.29) is 0 Å². The van der Waals surface area contributed by atoms with Crippen LogP contribution in [0.15, 0.2) is 18.6 Å². The van der Waals surface area contributed by atoms with Gasteiger partial charge in [-0.25, -0.2) is 0 Å². The van der Waals surface area contributed by atoms with Crippen LogP contribution in [-0.2, 0) is 0 Å². The largest absolute Gasteiger partial charge is 0.313 e. The molecule has 3 nitrogen and oxygen atoms in total. The first-order chi connectivity index (χ1) is 7.92. The van der Waals surface area contributed by atoms with E-state index < -0.39 is 0 Å². The van der Waals surface area contributed by atoms with Crippen LogP contribution in [0.3, 0.4) is 0 Å². The Morgan fingerprint density at radius 2 is 2.19 bits per heavy atom. The molecule has 1 saturated carbocycles. The number of nitrogens with zero attached hydrogens (tertiary/aromatic N) is 2. The summed E-state index contributed by atoms with van der Waals surface area (Å²) in [7, 11) is 0. The minimum Gasteiger partial charge on any atom is -0.313 e. The van der Waals surface area contributed by atoms with Crippen molar-refractivity contribution in [1.29, 1.82) is 0 Å². The van der Waals surface area contributed by atoms with Crippen molar-refractivity contribution in [3.8, 4) is 0 Å². The second kappa shape index (κ2) is 5.94. The quantitative estimate of drug-likeness (QED) is 0.845. The van der Waals surface area contributed by atoms with E-state index in [9.17, 15) is 0 Å². The summed E-state index contributed by atoms with van der Waals surface area (Å²) in [4.78, 5) is 8.64. The molecule has 88 valence electrons. The predicted octanol–water partition coefficient (Wildman–Crippen LogP) is 2.50. The summed E-state index contributed by atoms with van der Waals surface area (Å²) in [6, 6.07) is 0.602. The molecule has 1 aliphatic rings. The van der Waals surface area contributed by atoms with Crippen molar-refractivity contribution in [1.82, 2.24) is 15.3 Å². The van der Waals surface area contributed by atoms with Gasteiger partial charge in [0.2, 0.25) is 0 Å². The van der Waals surface area contributed by atoms with Crippen molar-refractivity contribution in [3.05, 3.63) is 24.3 Å². The molecular formula is C13H21N3. The van der Waals surface area contributed by atoms with Crippen molar-refractivity contribution < 1.29 is 0 Å². The summed E-state index contributed by atoms with van der Waals surface area (Å²) >= 11 is 0. The molecule has 0 spiro atoms. The fourth-order valence-electron chi connectivity index (χ4n) is 2.56. The molecule has 16 heavy (non-hydrogen) atoms. The molecule has 2 unspecified atom stereocenters. The zero-order valence-corrected chi connectivity index (χ0v) is 10.0. The Bertz CT molecular complexity index is 299. The maximum atomic E-state index is 4.46. The Kier molecular flexibility index (Phi) is 4.28. The van der Waals surface area contributed by atoms with Crippen LogP contribution in [0.25, 0.3) is 0 Å². The van der Waals surface area contributed by atoms with Gasteiger partial charge in [0, 0.05) is 30.6 Å². The highest BCUT2D eigenvalue weighted by atomic mass is 14.9. The maximum absolute atomic E-state index is 4.46. The van der Waals surface area contributed by atoms with Gasteiger partial charge >= 0.3 is 0 Å². The molecule has 3 heteroatoms. The van der Waals surface area contributed by atoms with Crippen LogP contribution in [0.5, 0.6) is 0 Å². The number of hydrogen-bond acceptors (Lipinski definition) is 3. The van der Waals surface area contributed by atoms with Gasteiger partial charge in [-0.2, -0.15) is 0 Å². The molecule has 0 radical (unpaired) electrons.